The minimum atomic E-state index is -3.35. The number of carbonyl (C=O) groups excluding carboxylic acids is 2. The van der Waals surface area contributed by atoms with Crippen LogP contribution in [0.15, 0.2) is 53.4 Å². The lowest BCUT2D eigenvalue weighted by Crippen LogP contribution is -2.14. The number of ether oxygens (including phenoxy) is 1. The Hall–Kier alpha value is -2.67. The molecule has 2 aromatic rings. The van der Waals surface area contributed by atoms with E-state index in [1.54, 1.807) is 36.4 Å². The van der Waals surface area contributed by atoms with Gasteiger partial charge in [-0.1, -0.05) is 13.0 Å². The van der Waals surface area contributed by atoms with E-state index in [2.05, 4.69) is 5.32 Å². The van der Waals surface area contributed by atoms with E-state index in [9.17, 15) is 18.0 Å². The molecule has 1 N–H and O–H groups in total. The van der Waals surface area contributed by atoms with Gasteiger partial charge in [-0.05, 0) is 48.9 Å². The summed E-state index contributed by atoms with van der Waals surface area (Å²) in [7, 11) is -3.35. The molecule has 0 aromatic heterocycles. The molecule has 2 rings (SSSR count). The second kappa shape index (κ2) is 9.32. The average molecular weight is 389 g/mol. The van der Waals surface area contributed by atoms with Crippen LogP contribution in [0.3, 0.4) is 0 Å². The van der Waals surface area contributed by atoms with Crippen molar-refractivity contribution in [3.05, 3.63) is 54.1 Å². The maximum atomic E-state index is 12.2. The summed E-state index contributed by atoms with van der Waals surface area (Å²) in [5, 5.41) is 2.62. The second-order valence-electron chi connectivity index (χ2n) is 6.14. The van der Waals surface area contributed by atoms with Crippen LogP contribution in [-0.2, 0) is 14.6 Å². The third-order valence-corrected chi connectivity index (χ3v) is 4.88. The van der Waals surface area contributed by atoms with Crippen molar-refractivity contribution in [1.82, 2.24) is 0 Å². The number of sulfone groups is 1. The molecular formula is C20H23NO5S. The Balaban J connectivity index is 1.89. The normalized spacial score (nSPS) is 11.0. The zero-order valence-electron chi connectivity index (χ0n) is 15.4. The Labute approximate surface area is 159 Å². The zero-order valence-corrected chi connectivity index (χ0v) is 16.2. The van der Waals surface area contributed by atoms with Crippen LogP contribution in [0.4, 0.5) is 5.69 Å². The molecule has 0 radical (unpaired) electrons. The summed E-state index contributed by atoms with van der Waals surface area (Å²) < 4.78 is 28.6. The molecule has 27 heavy (non-hydrogen) atoms. The summed E-state index contributed by atoms with van der Waals surface area (Å²) in [5.74, 6) is 0.214. The molecule has 6 nitrogen and oxygen atoms in total. The van der Waals surface area contributed by atoms with Gasteiger partial charge < -0.3 is 10.1 Å². The van der Waals surface area contributed by atoms with E-state index in [1.165, 1.54) is 12.1 Å². The topological polar surface area (TPSA) is 89.5 Å². The molecule has 0 saturated carbocycles. The fraction of sp³-hybridized carbons (Fsp3) is 0.300. The standard InChI is InChI=1S/C20H23NO5S/c1-3-13-26-17-9-7-15(8-10-17)19(22)11-12-20(23)21-16-5-4-6-18(14-16)27(2,24)25/h4-10,14H,3,11-13H2,1-2H3,(H,21,23). The minimum Gasteiger partial charge on any atom is -0.494 e. The molecule has 0 bridgehead atoms. The maximum absolute atomic E-state index is 12.2. The Morgan fingerprint density at radius 1 is 1.04 bits per heavy atom. The molecule has 0 heterocycles. The summed E-state index contributed by atoms with van der Waals surface area (Å²) in [4.78, 5) is 24.4. The number of amides is 1. The molecular weight excluding hydrogens is 366 g/mol. The first kappa shape index (κ1) is 20.6. The van der Waals surface area contributed by atoms with Gasteiger partial charge in [-0.25, -0.2) is 8.42 Å². The van der Waals surface area contributed by atoms with Crippen molar-refractivity contribution < 1.29 is 22.7 Å². The molecule has 7 heteroatoms. The van der Waals surface area contributed by atoms with E-state index >= 15 is 0 Å². The van der Waals surface area contributed by atoms with Crippen molar-refractivity contribution in [2.24, 2.45) is 0 Å². The van der Waals surface area contributed by atoms with Crippen molar-refractivity contribution in [1.29, 1.82) is 0 Å². The third-order valence-electron chi connectivity index (χ3n) is 3.77. The molecule has 0 fully saturated rings. The lowest BCUT2D eigenvalue weighted by molar-refractivity contribution is -0.116. The molecule has 0 spiro atoms. The van der Waals surface area contributed by atoms with Gasteiger partial charge in [0, 0.05) is 30.3 Å². The van der Waals surface area contributed by atoms with Gasteiger partial charge in [0.05, 0.1) is 11.5 Å². The van der Waals surface area contributed by atoms with Crippen LogP contribution in [0.2, 0.25) is 0 Å². The van der Waals surface area contributed by atoms with Gasteiger partial charge in [-0.15, -0.1) is 0 Å². The van der Waals surface area contributed by atoms with Crippen LogP contribution in [0.1, 0.15) is 36.5 Å². The van der Waals surface area contributed by atoms with E-state index in [4.69, 9.17) is 4.74 Å². The first-order valence-electron chi connectivity index (χ1n) is 8.65. The largest absolute Gasteiger partial charge is 0.494 e. The van der Waals surface area contributed by atoms with Crippen molar-refractivity contribution in [3.8, 4) is 5.75 Å². The van der Waals surface area contributed by atoms with E-state index in [0.29, 0.717) is 23.6 Å². The van der Waals surface area contributed by atoms with Crippen LogP contribution in [0.25, 0.3) is 0 Å². The van der Waals surface area contributed by atoms with Crippen LogP contribution >= 0.6 is 0 Å². The van der Waals surface area contributed by atoms with E-state index in [0.717, 1.165) is 12.7 Å². The van der Waals surface area contributed by atoms with E-state index in [1.807, 2.05) is 6.92 Å². The number of Topliss-reactive ketones (excluding diaryl/α,β-unsaturated/α-hetero) is 1. The summed E-state index contributed by atoms with van der Waals surface area (Å²) in [6.45, 7) is 2.63. The molecule has 0 aliphatic heterocycles. The Morgan fingerprint density at radius 2 is 1.74 bits per heavy atom. The average Bonchev–Trinajstić information content (AvgIpc) is 2.64. The lowest BCUT2D eigenvalue weighted by Gasteiger charge is -2.07. The van der Waals surface area contributed by atoms with Crippen molar-refractivity contribution in [2.75, 3.05) is 18.2 Å². The molecule has 0 atom stereocenters. The number of anilines is 1. The number of rotatable bonds is 9. The molecule has 1 amide bonds. The molecule has 144 valence electrons. The van der Waals surface area contributed by atoms with Gasteiger partial charge in [0.2, 0.25) is 5.91 Å². The van der Waals surface area contributed by atoms with Gasteiger partial charge >= 0.3 is 0 Å². The summed E-state index contributed by atoms with van der Waals surface area (Å²) in [6.07, 6.45) is 2.08. The summed E-state index contributed by atoms with van der Waals surface area (Å²) in [5.41, 5.74) is 0.901. The molecule has 0 aliphatic rings. The van der Waals surface area contributed by atoms with Crippen molar-refractivity contribution in [3.63, 3.8) is 0 Å². The van der Waals surface area contributed by atoms with Gasteiger partial charge in [-0.2, -0.15) is 0 Å². The van der Waals surface area contributed by atoms with Crippen LogP contribution < -0.4 is 10.1 Å². The molecule has 0 saturated heterocycles. The van der Waals surface area contributed by atoms with Gasteiger partial charge in [0.25, 0.3) is 0 Å². The first-order chi connectivity index (χ1) is 12.8. The summed E-state index contributed by atoms with van der Waals surface area (Å²) in [6, 6.07) is 12.8. The highest BCUT2D eigenvalue weighted by molar-refractivity contribution is 7.90. The number of ketones is 1. The first-order valence-corrected chi connectivity index (χ1v) is 10.5. The van der Waals surface area contributed by atoms with Gasteiger partial charge in [0.1, 0.15) is 5.75 Å². The fourth-order valence-corrected chi connectivity index (χ4v) is 3.02. The van der Waals surface area contributed by atoms with Crippen LogP contribution in [0, 0.1) is 0 Å². The predicted octanol–water partition coefficient (Wildman–Crippen LogP) is 3.48. The number of carbonyl (C=O) groups is 2. The Morgan fingerprint density at radius 3 is 2.37 bits per heavy atom. The Bertz CT molecular complexity index is 904. The second-order valence-corrected chi connectivity index (χ2v) is 8.16. The molecule has 2 aromatic carbocycles. The molecule has 0 aliphatic carbocycles. The third kappa shape index (κ3) is 6.53. The van der Waals surface area contributed by atoms with Crippen molar-refractivity contribution >= 4 is 27.2 Å². The van der Waals surface area contributed by atoms with Crippen LogP contribution in [0.5, 0.6) is 5.75 Å². The van der Waals surface area contributed by atoms with E-state index < -0.39 is 9.84 Å². The highest BCUT2D eigenvalue weighted by Crippen LogP contribution is 2.17. The van der Waals surface area contributed by atoms with Gasteiger partial charge in [0.15, 0.2) is 15.6 Å². The summed E-state index contributed by atoms with van der Waals surface area (Å²) >= 11 is 0. The van der Waals surface area contributed by atoms with Crippen LogP contribution in [-0.4, -0.2) is 33.0 Å². The van der Waals surface area contributed by atoms with E-state index in [-0.39, 0.29) is 29.4 Å². The Kier molecular flexibility index (Phi) is 7.12. The number of nitrogens with one attached hydrogen (secondary N) is 1. The zero-order chi connectivity index (χ0) is 19.9. The van der Waals surface area contributed by atoms with Crippen molar-refractivity contribution in [2.45, 2.75) is 31.1 Å². The maximum Gasteiger partial charge on any atom is 0.224 e. The predicted molar refractivity (Wildman–Crippen MR) is 104 cm³/mol. The number of hydrogen-bond acceptors (Lipinski definition) is 5. The highest BCUT2D eigenvalue weighted by Gasteiger charge is 2.12. The monoisotopic (exact) mass is 389 g/mol. The quantitative estimate of drug-likeness (QED) is 0.663. The fourth-order valence-electron chi connectivity index (χ4n) is 2.36. The highest BCUT2D eigenvalue weighted by atomic mass is 32.2. The number of hydrogen-bond donors (Lipinski definition) is 1. The minimum absolute atomic E-state index is 0.00994. The SMILES string of the molecule is CCCOc1ccc(C(=O)CCC(=O)Nc2cccc(S(C)(=O)=O)c2)cc1. The van der Waals surface area contributed by atoms with Gasteiger partial charge in [-0.3, -0.25) is 9.59 Å². The smallest absolute Gasteiger partial charge is 0.224 e. The molecule has 0 unspecified atom stereocenters. The lowest BCUT2D eigenvalue weighted by atomic mass is 10.1. The number of benzene rings is 2.